The van der Waals surface area contributed by atoms with Crippen molar-refractivity contribution in [3.63, 3.8) is 0 Å². The summed E-state index contributed by atoms with van der Waals surface area (Å²) in [6.07, 6.45) is 2.23. The van der Waals surface area contributed by atoms with Gasteiger partial charge in [-0.05, 0) is 67.5 Å². The van der Waals surface area contributed by atoms with Crippen molar-refractivity contribution in [1.82, 2.24) is 14.7 Å². The van der Waals surface area contributed by atoms with Crippen molar-refractivity contribution in [1.29, 1.82) is 0 Å². The minimum atomic E-state index is -0.750. The summed E-state index contributed by atoms with van der Waals surface area (Å²) < 4.78 is 10.6. The van der Waals surface area contributed by atoms with Crippen LogP contribution in [0.15, 0.2) is 48.5 Å². The van der Waals surface area contributed by atoms with Gasteiger partial charge in [0, 0.05) is 25.7 Å². The molecule has 0 N–H and O–H groups in total. The summed E-state index contributed by atoms with van der Waals surface area (Å²) in [5.41, 5.74) is 1.41. The zero-order valence-electron chi connectivity index (χ0n) is 22.2. The van der Waals surface area contributed by atoms with E-state index in [4.69, 9.17) is 9.47 Å². The Hall–Kier alpha value is -3.06. The highest BCUT2D eigenvalue weighted by molar-refractivity contribution is 6.07. The molecule has 2 saturated heterocycles. The van der Waals surface area contributed by atoms with E-state index in [2.05, 4.69) is 37.8 Å². The second-order valence-electron chi connectivity index (χ2n) is 10.5. The zero-order valence-corrected chi connectivity index (χ0v) is 22.2. The molecule has 1 atom stereocenters. The number of ether oxygens (including phenoxy) is 2. The van der Waals surface area contributed by atoms with Gasteiger partial charge in [0.2, 0.25) is 0 Å². The Labute approximate surface area is 215 Å². The molecule has 7 heteroatoms. The van der Waals surface area contributed by atoms with E-state index in [0.29, 0.717) is 25.4 Å². The fourth-order valence-electron chi connectivity index (χ4n) is 5.54. The molecule has 36 heavy (non-hydrogen) atoms. The Balaban J connectivity index is 1.48. The van der Waals surface area contributed by atoms with Gasteiger partial charge in [0.25, 0.3) is 5.91 Å². The smallest absolute Gasteiger partial charge is 0.327 e. The summed E-state index contributed by atoms with van der Waals surface area (Å²) in [7, 11) is 3.31. The zero-order chi connectivity index (χ0) is 25.9. The monoisotopic (exact) mass is 493 g/mol. The second-order valence-corrected chi connectivity index (χ2v) is 10.5. The van der Waals surface area contributed by atoms with E-state index in [1.807, 2.05) is 41.3 Å². The van der Waals surface area contributed by atoms with Crippen molar-refractivity contribution in [2.75, 3.05) is 33.9 Å². The second kappa shape index (κ2) is 10.9. The highest BCUT2D eigenvalue weighted by atomic mass is 16.5. The number of benzene rings is 2. The fourth-order valence-corrected chi connectivity index (χ4v) is 5.54. The average molecular weight is 494 g/mol. The number of amides is 3. The third kappa shape index (κ3) is 5.21. The predicted octanol–water partition coefficient (Wildman–Crippen LogP) is 4.59. The third-order valence-electron chi connectivity index (χ3n) is 7.58. The van der Waals surface area contributed by atoms with Gasteiger partial charge in [0.1, 0.15) is 17.0 Å². The molecule has 0 aromatic heterocycles. The van der Waals surface area contributed by atoms with Crippen LogP contribution in [0, 0.1) is 5.92 Å². The van der Waals surface area contributed by atoms with Gasteiger partial charge >= 0.3 is 6.03 Å². The van der Waals surface area contributed by atoms with Gasteiger partial charge in [-0.15, -0.1) is 0 Å². The minimum Gasteiger partial charge on any atom is -0.497 e. The lowest BCUT2D eigenvalue weighted by Gasteiger charge is -2.44. The van der Waals surface area contributed by atoms with E-state index < -0.39 is 5.54 Å². The standard InChI is InChI=1S/C29H39N3O4/c1-21(2)19-32-28(34)31(20-23-9-11-25(35-4)12-10-23)27(33)29(32)13-15-30(16-14-29)22(3)17-24-7-6-8-26(18-24)36-5/h6-12,18,21-22H,13-17,19-20H2,1-5H3. The molecule has 2 aliphatic rings. The average Bonchev–Trinajstić information content (AvgIpc) is 3.06. The summed E-state index contributed by atoms with van der Waals surface area (Å²) in [5, 5.41) is 0. The van der Waals surface area contributed by atoms with Crippen LogP contribution in [0.4, 0.5) is 4.79 Å². The molecule has 1 unspecified atom stereocenters. The van der Waals surface area contributed by atoms with Gasteiger partial charge in [-0.3, -0.25) is 9.69 Å². The number of nitrogens with zero attached hydrogens (tertiary/aromatic N) is 3. The predicted molar refractivity (Wildman–Crippen MR) is 140 cm³/mol. The van der Waals surface area contributed by atoms with E-state index in [-0.39, 0.29) is 24.4 Å². The van der Waals surface area contributed by atoms with Crippen LogP contribution in [0.5, 0.6) is 11.5 Å². The highest BCUT2D eigenvalue weighted by Crippen LogP contribution is 2.39. The van der Waals surface area contributed by atoms with Crippen LogP contribution in [0.2, 0.25) is 0 Å². The maximum Gasteiger partial charge on any atom is 0.327 e. The third-order valence-corrected chi connectivity index (χ3v) is 7.58. The number of urea groups is 1. The number of carbonyl (C=O) groups excluding carboxylic acids is 2. The lowest BCUT2D eigenvalue weighted by atomic mass is 9.84. The quantitative estimate of drug-likeness (QED) is 0.478. The summed E-state index contributed by atoms with van der Waals surface area (Å²) in [6.45, 7) is 8.88. The SMILES string of the molecule is COc1ccc(CN2C(=O)N(CC(C)C)C3(CCN(C(C)Cc4cccc(OC)c4)CC3)C2=O)cc1. The van der Waals surface area contributed by atoms with Crippen LogP contribution in [0.3, 0.4) is 0 Å². The van der Waals surface area contributed by atoms with E-state index in [1.54, 1.807) is 14.2 Å². The fraction of sp³-hybridized carbons (Fsp3) is 0.517. The number of imide groups is 1. The maximum atomic E-state index is 13.9. The number of hydrogen-bond donors (Lipinski definition) is 0. The molecule has 1 spiro atoms. The Kier molecular flexibility index (Phi) is 7.88. The molecule has 7 nitrogen and oxygen atoms in total. The molecule has 4 rings (SSSR count). The van der Waals surface area contributed by atoms with E-state index in [0.717, 1.165) is 36.6 Å². The van der Waals surface area contributed by atoms with E-state index >= 15 is 0 Å². The van der Waals surface area contributed by atoms with Gasteiger partial charge < -0.3 is 19.3 Å². The first kappa shape index (κ1) is 26.0. The molecule has 0 radical (unpaired) electrons. The summed E-state index contributed by atoms with van der Waals surface area (Å²) in [5.74, 6) is 1.86. The Morgan fingerprint density at radius 3 is 2.17 bits per heavy atom. The van der Waals surface area contributed by atoms with Crippen molar-refractivity contribution >= 4 is 11.9 Å². The highest BCUT2D eigenvalue weighted by Gasteiger charge is 2.57. The first-order valence-electron chi connectivity index (χ1n) is 12.9. The Morgan fingerprint density at radius 2 is 1.56 bits per heavy atom. The molecule has 2 heterocycles. The number of hydrogen-bond acceptors (Lipinski definition) is 5. The molecule has 0 saturated carbocycles. The normalized spacial score (nSPS) is 18.8. The van der Waals surface area contributed by atoms with Crippen molar-refractivity contribution in [3.05, 3.63) is 59.7 Å². The van der Waals surface area contributed by atoms with Crippen LogP contribution in [0.25, 0.3) is 0 Å². The lowest BCUT2D eigenvalue weighted by Crippen LogP contribution is -2.58. The van der Waals surface area contributed by atoms with Crippen LogP contribution >= 0.6 is 0 Å². The minimum absolute atomic E-state index is 0.0518. The molecule has 194 valence electrons. The van der Waals surface area contributed by atoms with Crippen LogP contribution in [0.1, 0.15) is 44.7 Å². The van der Waals surface area contributed by atoms with Crippen molar-refractivity contribution in [3.8, 4) is 11.5 Å². The number of methoxy groups -OCH3 is 2. The van der Waals surface area contributed by atoms with Crippen molar-refractivity contribution < 1.29 is 19.1 Å². The molecule has 2 fully saturated rings. The van der Waals surface area contributed by atoms with Gasteiger partial charge in [0.05, 0.1) is 20.8 Å². The first-order chi connectivity index (χ1) is 17.3. The van der Waals surface area contributed by atoms with Gasteiger partial charge in [-0.1, -0.05) is 38.1 Å². The number of likely N-dealkylation sites (tertiary alicyclic amines) is 1. The Bertz CT molecular complexity index is 1060. The van der Waals surface area contributed by atoms with Crippen molar-refractivity contribution in [2.24, 2.45) is 5.92 Å². The summed E-state index contributed by atoms with van der Waals surface area (Å²) in [6, 6.07) is 15.9. The van der Waals surface area contributed by atoms with Gasteiger partial charge in [-0.2, -0.15) is 0 Å². The van der Waals surface area contributed by atoms with E-state index in [9.17, 15) is 9.59 Å². The van der Waals surface area contributed by atoms with Crippen LogP contribution < -0.4 is 9.47 Å². The molecular weight excluding hydrogens is 454 g/mol. The van der Waals surface area contributed by atoms with Gasteiger partial charge in [-0.25, -0.2) is 4.79 Å². The Morgan fingerprint density at radius 1 is 0.889 bits per heavy atom. The number of rotatable bonds is 9. The van der Waals surface area contributed by atoms with Crippen LogP contribution in [-0.4, -0.2) is 72.1 Å². The molecule has 2 aliphatic heterocycles. The maximum absolute atomic E-state index is 13.9. The van der Waals surface area contributed by atoms with E-state index in [1.165, 1.54) is 10.5 Å². The number of piperidine rings is 1. The lowest BCUT2D eigenvalue weighted by molar-refractivity contribution is -0.136. The molecule has 2 aromatic carbocycles. The summed E-state index contributed by atoms with van der Waals surface area (Å²) in [4.78, 5) is 33.2. The van der Waals surface area contributed by atoms with Crippen LogP contribution in [-0.2, 0) is 17.8 Å². The summed E-state index contributed by atoms with van der Waals surface area (Å²) >= 11 is 0. The molecule has 0 aliphatic carbocycles. The number of carbonyl (C=O) groups is 2. The van der Waals surface area contributed by atoms with Crippen molar-refractivity contribution in [2.45, 2.75) is 58.2 Å². The first-order valence-corrected chi connectivity index (χ1v) is 12.9. The van der Waals surface area contributed by atoms with Gasteiger partial charge in [0.15, 0.2) is 0 Å². The molecule has 2 aromatic rings. The largest absolute Gasteiger partial charge is 0.497 e. The topological polar surface area (TPSA) is 62.3 Å². The molecule has 3 amide bonds. The molecule has 0 bridgehead atoms. The molecular formula is C29H39N3O4.